The summed E-state index contributed by atoms with van der Waals surface area (Å²) in [5.41, 5.74) is 1.19. The molecule has 20 heavy (non-hydrogen) atoms. The number of unbranched alkanes of at least 4 members (excludes halogenated alkanes) is 1. The Morgan fingerprint density at radius 1 is 1.40 bits per heavy atom. The monoisotopic (exact) mass is 273 g/mol. The van der Waals surface area contributed by atoms with Gasteiger partial charge in [0.2, 0.25) is 0 Å². The van der Waals surface area contributed by atoms with Crippen LogP contribution in [0.2, 0.25) is 0 Å². The van der Waals surface area contributed by atoms with E-state index in [9.17, 15) is 9.59 Å². The molecule has 0 bridgehead atoms. The van der Waals surface area contributed by atoms with E-state index in [4.69, 9.17) is 15.6 Å². The third-order valence-corrected chi connectivity index (χ3v) is 2.84. The van der Waals surface area contributed by atoms with Crippen LogP contribution in [0.15, 0.2) is 33.5 Å². The first-order valence-corrected chi connectivity index (χ1v) is 6.40. The van der Waals surface area contributed by atoms with Crippen LogP contribution in [-0.4, -0.2) is 17.1 Å². The van der Waals surface area contributed by atoms with E-state index in [-0.39, 0.29) is 18.9 Å². The van der Waals surface area contributed by atoms with Gasteiger partial charge in [0.05, 0.1) is 18.5 Å². The molecule has 1 heterocycles. The highest BCUT2D eigenvalue weighted by atomic mass is 16.5. The standard InChI is InChI=1S/C15H15NO4/c1-2-3-6-11-19-14(17)9-10-16-12-7-4-5-8-13(12)20-15(16)18/h1,4-5,7-8H,3,6,9-11H2. The number of benzene rings is 1. The number of fused-ring (bicyclic) bond motifs is 1. The second kappa shape index (κ2) is 6.62. The lowest BCUT2D eigenvalue weighted by molar-refractivity contribution is -0.143. The van der Waals surface area contributed by atoms with Gasteiger partial charge in [0.1, 0.15) is 0 Å². The van der Waals surface area contributed by atoms with Crippen molar-refractivity contribution in [3.8, 4) is 12.3 Å². The van der Waals surface area contributed by atoms with Crippen LogP contribution in [0.1, 0.15) is 19.3 Å². The summed E-state index contributed by atoms with van der Waals surface area (Å²) in [5, 5.41) is 0. The van der Waals surface area contributed by atoms with E-state index >= 15 is 0 Å². The van der Waals surface area contributed by atoms with Crippen molar-refractivity contribution < 1.29 is 13.9 Å². The van der Waals surface area contributed by atoms with Gasteiger partial charge in [-0.15, -0.1) is 12.3 Å². The Morgan fingerprint density at radius 2 is 2.20 bits per heavy atom. The van der Waals surface area contributed by atoms with Gasteiger partial charge in [-0.3, -0.25) is 9.36 Å². The molecule has 0 aliphatic carbocycles. The molecule has 104 valence electrons. The SMILES string of the molecule is C#CCCCOC(=O)CCn1c(=O)oc2ccccc21. The molecule has 0 saturated heterocycles. The van der Waals surface area contributed by atoms with Crippen molar-refractivity contribution in [1.82, 2.24) is 4.57 Å². The average molecular weight is 273 g/mol. The number of terminal acetylenes is 1. The molecule has 2 aromatic rings. The maximum Gasteiger partial charge on any atom is 0.419 e. The Balaban J connectivity index is 1.93. The lowest BCUT2D eigenvalue weighted by Gasteiger charge is -2.04. The summed E-state index contributed by atoms with van der Waals surface area (Å²) in [6.07, 6.45) is 6.46. The summed E-state index contributed by atoms with van der Waals surface area (Å²) < 4.78 is 11.5. The van der Waals surface area contributed by atoms with E-state index in [1.807, 2.05) is 6.07 Å². The fraction of sp³-hybridized carbons (Fsp3) is 0.333. The predicted octanol–water partition coefficient (Wildman–Crippen LogP) is 1.94. The van der Waals surface area contributed by atoms with Gasteiger partial charge in [-0.25, -0.2) is 4.79 Å². The van der Waals surface area contributed by atoms with Crippen LogP contribution >= 0.6 is 0 Å². The smallest absolute Gasteiger partial charge is 0.419 e. The summed E-state index contributed by atoms with van der Waals surface area (Å²) in [6.45, 7) is 0.549. The van der Waals surface area contributed by atoms with Crippen LogP contribution in [0, 0.1) is 12.3 Å². The number of ether oxygens (including phenoxy) is 1. The third-order valence-electron chi connectivity index (χ3n) is 2.84. The van der Waals surface area contributed by atoms with Gasteiger partial charge < -0.3 is 9.15 Å². The zero-order valence-electron chi connectivity index (χ0n) is 11.0. The molecule has 0 saturated carbocycles. The molecule has 0 aliphatic heterocycles. The Kier molecular flexibility index (Phi) is 4.61. The molecule has 0 aliphatic rings. The Bertz CT molecular complexity index is 690. The van der Waals surface area contributed by atoms with Crippen molar-refractivity contribution in [2.75, 3.05) is 6.61 Å². The first kappa shape index (κ1) is 13.9. The second-order valence-corrected chi connectivity index (χ2v) is 4.27. The quantitative estimate of drug-likeness (QED) is 0.458. The van der Waals surface area contributed by atoms with Crippen molar-refractivity contribution in [3.05, 3.63) is 34.8 Å². The first-order valence-electron chi connectivity index (χ1n) is 6.40. The van der Waals surface area contributed by atoms with Crippen LogP contribution < -0.4 is 5.76 Å². The van der Waals surface area contributed by atoms with Gasteiger partial charge in [0.25, 0.3) is 0 Å². The summed E-state index contributed by atoms with van der Waals surface area (Å²) in [7, 11) is 0. The fourth-order valence-electron chi connectivity index (χ4n) is 1.86. The van der Waals surface area contributed by atoms with Crippen LogP contribution in [0.4, 0.5) is 0 Å². The molecule has 1 aromatic carbocycles. The number of rotatable bonds is 6. The lowest BCUT2D eigenvalue weighted by Crippen LogP contribution is -2.17. The van der Waals surface area contributed by atoms with Crippen molar-refractivity contribution >= 4 is 17.1 Å². The second-order valence-electron chi connectivity index (χ2n) is 4.27. The number of esters is 1. The Hall–Kier alpha value is -2.48. The van der Waals surface area contributed by atoms with E-state index in [0.717, 1.165) is 0 Å². The fourth-order valence-corrected chi connectivity index (χ4v) is 1.86. The maximum atomic E-state index is 11.7. The third kappa shape index (κ3) is 3.29. The summed E-state index contributed by atoms with van der Waals surface area (Å²) in [5.74, 6) is 1.66. The lowest BCUT2D eigenvalue weighted by atomic mass is 10.3. The van der Waals surface area contributed by atoms with Crippen LogP contribution in [-0.2, 0) is 16.1 Å². The number of oxazole rings is 1. The number of carbonyl (C=O) groups excluding carboxylic acids is 1. The number of carbonyl (C=O) groups is 1. The van der Waals surface area contributed by atoms with E-state index in [2.05, 4.69) is 5.92 Å². The van der Waals surface area contributed by atoms with Crippen LogP contribution in [0.3, 0.4) is 0 Å². The van der Waals surface area contributed by atoms with Gasteiger partial charge in [-0.1, -0.05) is 12.1 Å². The molecule has 0 amide bonds. The van der Waals surface area contributed by atoms with Gasteiger partial charge in [-0.05, 0) is 18.6 Å². The minimum Gasteiger partial charge on any atom is -0.466 e. The van der Waals surface area contributed by atoms with Gasteiger partial charge in [0.15, 0.2) is 5.58 Å². The van der Waals surface area contributed by atoms with Crippen molar-refractivity contribution in [2.45, 2.75) is 25.8 Å². The highest BCUT2D eigenvalue weighted by Crippen LogP contribution is 2.12. The zero-order chi connectivity index (χ0) is 14.4. The van der Waals surface area contributed by atoms with Crippen molar-refractivity contribution in [3.63, 3.8) is 0 Å². The molecular formula is C15H15NO4. The van der Waals surface area contributed by atoms with Gasteiger partial charge >= 0.3 is 11.7 Å². The van der Waals surface area contributed by atoms with Crippen molar-refractivity contribution in [2.24, 2.45) is 0 Å². The molecule has 5 nitrogen and oxygen atoms in total. The number of para-hydroxylation sites is 2. The maximum absolute atomic E-state index is 11.7. The zero-order valence-corrected chi connectivity index (χ0v) is 11.0. The minimum atomic E-state index is -0.466. The highest BCUT2D eigenvalue weighted by molar-refractivity contribution is 5.73. The average Bonchev–Trinajstić information content (AvgIpc) is 2.77. The largest absolute Gasteiger partial charge is 0.466 e. The van der Waals surface area contributed by atoms with Crippen LogP contribution in [0.5, 0.6) is 0 Å². The molecule has 0 unspecified atom stereocenters. The minimum absolute atomic E-state index is 0.124. The van der Waals surface area contributed by atoms with Gasteiger partial charge in [-0.2, -0.15) is 0 Å². The van der Waals surface area contributed by atoms with E-state index in [1.165, 1.54) is 4.57 Å². The topological polar surface area (TPSA) is 61.4 Å². The molecule has 0 radical (unpaired) electrons. The molecule has 0 fully saturated rings. The summed E-state index contributed by atoms with van der Waals surface area (Å²) in [6, 6.07) is 7.09. The predicted molar refractivity (Wildman–Crippen MR) is 74.1 cm³/mol. The molecule has 1 aromatic heterocycles. The normalized spacial score (nSPS) is 10.3. The molecule has 0 N–H and O–H groups in total. The van der Waals surface area contributed by atoms with E-state index < -0.39 is 5.76 Å². The summed E-state index contributed by atoms with van der Waals surface area (Å²) in [4.78, 5) is 23.2. The molecule has 0 atom stereocenters. The van der Waals surface area contributed by atoms with Crippen LogP contribution in [0.25, 0.3) is 11.1 Å². The van der Waals surface area contributed by atoms with E-state index in [1.54, 1.807) is 18.2 Å². The molecule has 0 spiro atoms. The number of nitrogens with zero attached hydrogens (tertiary/aromatic N) is 1. The summed E-state index contributed by atoms with van der Waals surface area (Å²) >= 11 is 0. The first-order chi connectivity index (χ1) is 9.72. The van der Waals surface area contributed by atoms with Crippen molar-refractivity contribution in [1.29, 1.82) is 0 Å². The molecule has 2 rings (SSSR count). The Morgan fingerprint density at radius 3 is 3.00 bits per heavy atom. The number of hydrogen-bond donors (Lipinski definition) is 0. The van der Waals surface area contributed by atoms with Gasteiger partial charge in [0, 0.05) is 13.0 Å². The number of hydrogen-bond acceptors (Lipinski definition) is 4. The van der Waals surface area contributed by atoms with E-state index in [0.29, 0.717) is 30.5 Å². The molecule has 5 heteroatoms. The highest BCUT2D eigenvalue weighted by Gasteiger charge is 2.10. The molecular weight excluding hydrogens is 258 g/mol. The number of aryl methyl sites for hydroxylation is 1. The number of aromatic nitrogens is 1. The Labute approximate surface area is 116 Å².